The predicted octanol–water partition coefficient (Wildman–Crippen LogP) is 4.88. The lowest BCUT2D eigenvalue weighted by Crippen LogP contribution is -2.09. The van der Waals surface area contributed by atoms with Gasteiger partial charge in [0.05, 0.1) is 6.42 Å². The molecule has 0 aliphatic heterocycles. The van der Waals surface area contributed by atoms with Gasteiger partial charge in [-0.25, -0.2) is 0 Å². The van der Waals surface area contributed by atoms with Gasteiger partial charge in [0.15, 0.2) is 0 Å². The maximum absolute atomic E-state index is 11.2. The number of carbonyl (C=O) groups is 1. The number of aryl methyl sites for hydroxylation is 1. The van der Waals surface area contributed by atoms with Crippen molar-refractivity contribution in [3.63, 3.8) is 0 Å². The van der Waals surface area contributed by atoms with E-state index < -0.39 is 5.97 Å². The summed E-state index contributed by atoms with van der Waals surface area (Å²) in [6.45, 7) is 2.16. The van der Waals surface area contributed by atoms with Gasteiger partial charge in [0.1, 0.15) is 0 Å². The molecule has 1 fully saturated rings. The van der Waals surface area contributed by atoms with Crippen LogP contribution in [0.15, 0.2) is 48.5 Å². The summed E-state index contributed by atoms with van der Waals surface area (Å²) in [5.41, 5.74) is 4.96. The van der Waals surface area contributed by atoms with Crippen LogP contribution in [-0.4, -0.2) is 11.1 Å². The number of benzene rings is 2. The molecule has 1 saturated carbocycles. The zero-order chi connectivity index (χ0) is 15.5. The summed E-state index contributed by atoms with van der Waals surface area (Å²) >= 11 is 0. The number of carboxylic acid groups (broad SMARTS) is 1. The van der Waals surface area contributed by atoms with Crippen molar-refractivity contribution in [2.75, 3.05) is 0 Å². The molecule has 0 radical (unpaired) electrons. The van der Waals surface area contributed by atoms with Crippen molar-refractivity contribution in [1.82, 2.24) is 0 Å². The number of rotatable bonds is 6. The Morgan fingerprint density at radius 1 is 1.18 bits per heavy atom. The average molecular weight is 294 g/mol. The van der Waals surface area contributed by atoms with E-state index in [0.29, 0.717) is 5.92 Å². The van der Waals surface area contributed by atoms with Gasteiger partial charge in [-0.3, -0.25) is 4.79 Å². The molecule has 0 bridgehead atoms. The molecular formula is C20H22O2. The van der Waals surface area contributed by atoms with Gasteiger partial charge in [-0.15, -0.1) is 0 Å². The molecule has 1 atom stereocenters. The second-order valence-electron chi connectivity index (χ2n) is 6.18. The van der Waals surface area contributed by atoms with Crippen molar-refractivity contribution in [3.8, 4) is 11.1 Å². The second kappa shape index (κ2) is 6.35. The lowest BCUT2D eigenvalue weighted by Gasteiger charge is -2.18. The largest absolute Gasteiger partial charge is 0.481 e. The van der Waals surface area contributed by atoms with Crippen LogP contribution in [0.1, 0.15) is 43.2 Å². The molecule has 0 saturated heterocycles. The molecule has 2 nitrogen and oxygen atoms in total. The summed E-state index contributed by atoms with van der Waals surface area (Å²) < 4.78 is 0. The Bertz CT molecular complexity index is 657. The molecule has 2 aromatic rings. The number of carboxylic acids is 1. The first-order chi connectivity index (χ1) is 10.7. The second-order valence-corrected chi connectivity index (χ2v) is 6.18. The average Bonchev–Trinajstić information content (AvgIpc) is 3.37. The van der Waals surface area contributed by atoms with E-state index in [4.69, 9.17) is 0 Å². The van der Waals surface area contributed by atoms with Gasteiger partial charge < -0.3 is 5.11 Å². The van der Waals surface area contributed by atoms with E-state index in [2.05, 4.69) is 49.4 Å². The van der Waals surface area contributed by atoms with Crippen LogP contribution in [0.25, 0.3) is 11.1 Å². The third-order valence-corrected chi connectivity index (χ3v) is 4.61. The van der Waals surface area contributed by atoms with Crippen molar-refractivity contribution >= 4 is 5.97 Å². The van der Waals surface area contributed by atoms with Crippen molar-refractivity contribution < 1.29 is 9.90 Å². The first kappa shape index (κ1) is 14.8. The van der Waals surface area contributed by atoms with E-state index in [1.807, 2.05) is 6.07 Å². The zero-order valence-electron chi connectivity index (χ0n) is 13.0. The van der Waals surface area contributed by atoms with Crippen molar-refractivity contribution in [2.24, 2.45) is 5.92 Å². The van der Waals surface area contributed by atoms with E-state index in [-0.39, 0.29) is 12.3 Å². The Kier molecular flexibility index (Phi) is 4.28. The molecular weight excluding hydrogens is 272 g/mol. The van der Waals surface area contributed by atoms with Crippen LogP contribution in [-0.2, 0) is 11.2 Å². The minimum Gasteiger partial charge on any atom is -0.481 e. The summed E-state index contributed by atoms with van der Waals surface area (Å²) in [4.78, 5) is 11.2. The van der Waals surface area contributed by atoms with Crippen LogP contribution in [0, 0.1) is 5.92 Å². The molecule has 1 aliphatic rings. The predicted molar refractivity (Wildman–Crippen MR) is 89.0 cm³/mol. The highest BCUT2D eigenvalue weighted by atomic mass is 16.4. The van der Waals surface area contributed by atoms with Gasteiger partial charge in [0.2, 0.25) is 0 Å². The van der Waals surface area contributed by atoms with Crippen LogP contribution in [0.2, 0.25) is 0 Å². The van der Waals surface area contributed by atoms with E-state index >= 15 is 0 Å². The maximum atomic E-state index is 11.2. The summed E-state index contributed by atoms with van der Waals surface area (Å²) in [7, 11) is 0. The monoisotopic (exact) mass is 294 g/mol. The smallest absolute Gasteiger partial charge is 0.303 e. The summed E-state index contributed by atoms with van der Waals surface area (Å²) in [5, 5.41) is 9.21. The Labute approximate surface area is 131 Å². The SMILES string of the molecule is CCc1ccc(C(CC(=O)O)C2CC2)cc1-c1ccccc1. The lowest BCUT2D eigenvalue weighted by molar-refractivity contribution is -0.137. The summed E-state index contributed by atoms with van der Waals surface area (Å²) in [5.74, 6) is 0.01000. The molecule has 3 rings (SSSR count). The molecule has 1 unspecified atom stereocenters. The lowest BCUT2D eigenvalue weighted by atomic mass is 9.87. The Hall–Kier alpha value is -2.09. The fourth-order valence-electron chi connectivity index (χ4n) is 3.26. The molecule has 114 valence electrons. The molecule has 22 heavy (non-hydrogen) atoms. The molecule has 0 heterocycles. The third kappa shape index (κ3) is 3.22. The summed E-state index contributed by atoms with van der Waals surface area (Å²) in [6.07, 6.45) is 3.55. The van der Waals surface area contributed by atoms with Crippen molar-refractivity contribution in [3.05, 3.63) is 59.7 Å². The molecule has 1 aliphatic carbocycles. The van der Waals surface area contributed by atoms with Gasteiger partial charge >= 0.3 is 5.97 Å². The van der Waals surface area contributed by atoms with Gasteiger partial charge in [-0.2, -0.15) is 0 Å². The standard InChI is InChI=1S/C20H22O2/c1-2-14-8-11-17(19(13-20(21)22)16-9-10-16)12-18(14)15-6-4-3-5-7-15/h3-8,11-12,16,19H,2,9-10,13H2,1H3,(H,21,22). The van der Waals surface area contributed by atoms with Gasteiger partial charge in [0, 0.05) is 0 Å². The number of hydrogen-bond acceptors (Lipinski definition) is 1. The Balaban J connectivity index is 2.01. The maximum Gasteiger partial charge on any atom is 0.303 e. The van der Waals surface area contributed by atoms with Gasteiger partial charge in [0.25, 0.3) is 0 Å². The highest BCUT2D eigenvalue weighted by molar-refractivity contribution is 5.70. The Morgan fingerprint density at radius 3 is 2.50 bits per heavy atom. The van der Waals surface area contributed by atoms with Crippen LogP contribution in [0.4, 0.5) is 0 Å². The molecule has 1 N–H and O–H groups in total. The molecule has 0 spiro atoms. The third-order valence-electron chi connectivity index (χ3n) is 4.61. The van der Waals surface area contributed by atoms with E-state index in [9.17, 15) is 9.90 Å². The molecule has 0 aromatic heterocycles. The van der Waals surface area contributed by atoms with Crippen molar-refractivity contribution in [1.29, 1.82) is 0 Å². The molecule has 0 amide bonds. The van der Waals surface area contributed by atoms with Crippen molar-refractivity contribution in [2.45, 2.75) is 38.5 Å². The quantitative estimate of drug-likeness (QED) is 0.824. The van der Waals surface area contributed by atoms with E-state index in [1.54, 1.807) is 0 Å². The fraction of sp³-hybridized carbons (Fsp3) is 0.350. The normalized spacial score (nSPS) is 15.5. The zero-order valence-corrected chi connectivity index (χ0v) is 13.0. The van der Waals surface area contributed by atoms with Crippen LogP contribution in [0.5, 0.6) is 0 Å². The Morgan fingerprint density at radius 2 is 1.91 bits per heavy atom. The van der Waals surface area contributed by atoms with E-state index in [0.717, 1.165) is 19.3 Å². The first-order valence-electron chi connectivity index (χ1n) is 8.09. The summed E-state index contributed by atoms with van der Waals surface area (Å²) in [6, 6.07) is 16.9. The highest BCUT2D eigenvalue weighted by Crippen LogP contribution is 2.45. The topological polar surface area (TPSA) is 37.3 Å². The van der Waals surface area contributed by atoms with Gasteiger partial charge in [-0.05, 0) is 53.4 Å². The minimum absolute atomic E-state index is 0.158. The number of aliphatic carboxylic acids is 1. The van der Waals surface area contributed by atoms with E-state index in [1.165, 1.54) is 22.3 Å². The van der Waals surface area contributed by atoms with Crippen LogP contribution in [0.3, 0.4) is 0 Å². The first-order valence-corrected chi connectivity index (χ1v) is 8.09. The minimum atomic E-state index is -0.697. The molecule has 2 heteroatoms. The number of hydrogen-bond donors (Lipinski definition) is 1. The molecule has 2 aromatic carbocycles. The van der Waals surface area contributed by atoms with Gasteiger partial charge in [-0.1, -0.05) is 55.5 Å². The highest BCUT2D eigenvalue weighted by Gasteiger charge is 2.33. The van der Waals surface area contributed by atoms with Crippen LogP contribution >= 0.6 is 0 Å². The fourth-order valence-corrected chi connectivity index (χ4v) is 3.26. The van der Waals surface area contributed by atoms with Crippen LogP contribution < -0.4 is 0 Å².